The SMILES string of the molecule is CC1(CNCC2CNc3ccccc32)CC1. The fourth-order valence-corrected chi connectivity index (χ4v) is 2.48. The van der Waals surface area contributed by atoms with Gasteiger partial charge in [-0.1, -0.05) is 25.1 Å². The van der Waals surface area contributed by atoms with Crippen LogP contribution in [0.2, 0.25) is 0 Å². The molecule has 3 rings (SSSR count). The molecule has 1 saturated carbocycles. The summed E-state index contributed by atoms with van der Waals surface area (Å²) in [6.45, 7) is 5.76. The lowest BCUT2D eigenvalue weighted by atomic mass is 10.0. The minimum atomic E-state index is 0.617. The molecular weight excluding hydrogens is 196 g/mol. The van der Waals surface area contributed by atoms with Crippen molar-refractivity contribution in [3.63, 3.8) is 0 Å². The summed E-state index contributed by atoms with van der Waals surface area (Å²) in [6.07, 6.45) is 2.80. The molecule has 2 aliphatic rings. The summed E-state index contributed by atoms with van der Waals surface area (Å²) in [5, 5.41) is 7.10. The van der Waals surface area contributed by atoms with E-state index in [1.54, 1.807) is 0 Å². The Morgan fingerprint density at radius 2 is 2.19 bits per heavy atom. The second-order valence-electron chi connectivity index (χ2n) is 5.61. The van der Waals surface area contributed by atoms with Crippen molar-refractivity contribution >= 4 is 5.69 Å². The molecule has 16 heavy (non-hydrogen) atoms. The maximum Gasteiger partial charge on any atom is 0.0376 e. The third-order valence-corrected chi connectivity index (χ3v) is 3.99. The fraction of sp³-hybridized carbons (Fsp3) is 0.571. The van der Waals surface area contributed by atoms with Crippen molar-refractivity contribution in [2.24, 2.45) is 5.41 Å². The van der Waals surface area contributed by atoms with Crippen molar-refractivity contribution in [1.29, 1.82) is 0 Å². The first-order valence-corrected chi connectivity index (χ1v) is 6.30. The highest BCUT2D eigenvalue weighted by atomic mass is 15.0. The van der Waals surface area contributed by atoms with E-state index in [9.17, 15) is 0 Å². The Balaban J connectivity index is 1.56. The molecule has 0 saturated heterocycles. The molecule has 2 nitrogen and oxygen atoms in total. The molecular formula is C14H20N2. The second-order valence-corrected chi connectivity index (χ2v) is 5.61. The highest BCUT2D eigenvalue weighted by molar-refractivity contribution is 5.57. The van der Waals surface area contributed by atoms with Crippen molar-refractivity contribution in [1.82, 2.24) is 5.32 Å². The van der Waals surface area contributed by atoms with Gasteiger partial charge in [-0.15, -0.1) is 0 Å². The molecule has 1 aromatic carbocycles. The molecule has 1 atom stereocenters. The van der Waals surface area contributed by atoms with Crippen LogP contribution in [0.3, 0.4) is 0 Å². The number of hydrogen-bond acceptors (Lipinski definition) is 2. The minimum Gasteiger partial charge on any atom is -0.384 e. The average molecular weight is 216 g/mol. The topological polar surface area (TPSA) is 24.1 Å². The van der Waals surface area contributed by atoms with Gasteiger partial charge in [0.05, 0.1) is 0 Å². The Hall–Kier alpha value is -1.02. The first kappa shape index (κ1) is 10.2. The zero-order chi connectivity index (χ0) is 11.0. The highest BCUT2D eigenvalue weighted by Gasteiger charge is 2.36. The summed E-state index contributed by atoms with van der Waals surface area (Å²) in [5.74, 6) is 0.651. The Labute approximate surface area is 97.4 Å². The van der Waals surface area contributed by atoms with Gasteiger partial charge in [0.15, 0.2) is 0 Å². The summed E-state index contributed by atoms with van der Waals surface area (Å²) >= 11 is 0. The number of benzene rings is 1. The van der Waals surface area contributed by atoms with E-state index < -0.39 is 0 Å². The zero-order valence-corrected chi connectivity index (χ0v) is 9.92. The molecule has 1 aliphatic carbocycles. The van der Waals surface area contributed by atoms with E-state index >= 15 is 0 Å². The molecule has 0 aromatic heterocycles. The molecule has 1 aromatic rings. The molecule has 1 aliphatic heterocycles. The molecule has 0 amide bonds. The van der Waals surface area contributed by atoms with Crippen LogP contribution in [0.25, 0.3) is 0 Å². The van der Waals surface area contributed by atoms with Gasteiger partial charge in [0, 0.05) is 31.2 Å². The third kappa shape index (κ3) is 1.94. The van der Waals surface area contributed by atoms with Crippen LogP contribution in [0.15, 0.2) is 24.3 Å². The van der Waals surface area contributed by atoms with Gasteiger partial charge < -0.3 is 10.6 Å². The Kier molecular flexibility index (Phi) is 2.40. The van der Waals surface area contributed by atoms with Gasteiger partial charge in [0.25, 0.3) is 0 Å². The van der Waals surface area contributed by atoms with Crippen molar-refractivity contribution in [3.05, 3.63) is 29.8 Å². The molecule has 0 spiro atoms. The lowest BCUT2D eigenvalue weighted by Gasteiger charge is -2.14. The predicted octanol–water partition coefficient (Wildman–Crippen LogP) is 2.59. The standard InChI is InChI=1S/C14H20N2/c1-14(6-7-14)10-15-8-11-9-16-13-5-3-2-4-12(11)13/h2-5,11,15-16H,6-10H2,1H3. The first-order valence-electron chi connectivity index (χ1n) is 6.30. The van der Waals surface area contributed by atoms with E-state index in [2.05, 4.69) is 41.8 Å². The highest BCUT2D eigenvalue weighted by Crippen LogP contribution is 2.44. The summed E-state index contributed by atoms with van der Waals surface area (Å²) in [5.41, 5.74) is 3.42. The third-order valence-electron chi connectivity index (χ3n) is 3.99. The molecule has 2 N–H and O–H groups in total. The van der Waals surface area contributed by atoms with E-state index in [0.29, 0.717) is 11.3 Å². The molecule has 0 radical (unpaired) electrons. The summed E-state index contributed by atoms with van der Waals surface area (Å²) in [6, 6.07) is 8.67. The van der Waals surface area contributed by atoms with Gasteiger partial charge in [0.2, 0.25) is 0 Å². The summed E-state index contributed by atoms with van der Waals surface area (Å²) < 4.78 is 0. The Morgan fingerprint density at radius 1 is 1.38 bits per heavy atom. The van der Waals surface area contributed by atoms with Crippen LogP contribution in [0.5, 0.6) is 0 Å². The van der Waals surface area contributed by atoms with Gasteiger partial charge in [0.1, 0.15) is 0 Å². The van der Waals surface area contributed by atoms with Crippen LogP contribution in [-0.2, 0) is 0 Å². The number of para-hydroxylation sites is 1. The van der Waals surface area contributed by atoms with Crippen molar-refractivity contribution in [3.8, 4) is 0 Å². The molecule has 0 bridgehead atoms. The van der Waals surface area contributed by atoms with E-state index in [-0.39, 0.29) is 0 Å². The Morgan fingerprint density at radius 3 is 3.00 bits per heavy atom. The van der Waals surface area contributed by atoms with Crippen LogP contribution in [-0.4, -0.2) is 19.6 Å². The van der Waals surface area contributed by atoms with Gasteiger partial charge in [-0.05, 0) is 29.9 Å². The van der Waals surface area contributed by atoms with E-state index in [1.807, 2.05) is 0 Å². The monoisotopic (exact) mass is 216 g/mol. The first-order chi connectivity index (χ1) is 7.77. The quantitative estimate of drug-likeness (QED) is 0.808. The molecule has 1 heterocycles. The maximum atomic E-state index is 3.63. The number of rotatable bonds is 4. The lowest BCUT2D eigenvalue weighted by molar-refractivity contribution is 0.485. The number of fused-ring (bicyclic) bond motifs is 1. The van der Waals surface area contributed by atoms with Gasteiger partial charge >= 0.3 is 0 Å². The van der Waals surface area contributed by atoms with Crippen LogP contribution in [0.4, 0.5) is 5.69 Å². The van der Waals surface area contributed by atoms with Crippen LogP contribution in [0.1, 0.15) is 31.2 Å². The smallest absolute Gasteiger partial charge is 0.0376 e. The van der Waals surface area contributed by atoms with Gasteiger partial charge in [-0.25, -0.2) is 0 Å². The van der Waals surface area contributed by atoms with Gasteiger partial charge in [-0.3, -0.25) is 0 Å². The van der Waals surface area contributed by atoms with Gasteiger partial charge in [-0.2, -0.15) is 0 Å². The number of hydrogen-bond donors (Lipinski definition) is 2. The fourth-order valence-electron chi connectivity index (χ4n) is 2.48. The molecule has 86 valence electrons. The van der Waals surface area contributed by atoms with Crippen molar-refractivity contribution in [2.75, 3.05) is 25.0 Å². The molecule has 1 unspecified atom stereocenters. The second kappa shape index (κ2) is 3.77. The van der Waals surface area contributed by atoms with Crippen LogP contribution < -0.4 is 10.6 Å². The zero-order valence-electron chi connectivity index (χ0n) is 9.92. The normalized spacial score (nSPS) is 24.9. The average Bonchev–Trinajstić information content (AvgIpc) is 2.89. The van der Waals surface area contributed by atoms with Crippen molar-refractivity contribution in [2.45, 2.75) is 25.7 Å². The molecule has 1 fully saturated rings. The van der Waals surface area contributed by atoms with Crippen LogP contribution >= 0.6 is 0 Å². The lowest BCUT2D eigenvalue weighted by Crippen LogP contribution is -2.27. The van der Waals surface area contributed by atoms with E-state index in [0.717, 1.165) is 13.1 Å². The number of anilines is 1. The van der Waals surface area contributed by atoms with Crippen LogP contribution in [0, 0.1) is 5.41 Å². The maximum absolute atomic E-state index is 3.63. The van der Waals surface area contributed by atoms with E-state index in [1.165, 1.54) is 30.6 Å². The summed E-state index contributed by atoms with van der Waals surface area (Å²) in [4.78, 5) is 0. The Bertz CT molecular complexity index is 382. The molecule has 2 heteroatoms. The van der Waals surface area contributed by atoms with Crippen molar-refractivity contribution < 1.29 is 0 Å². The predicted molar refractivity (Wildman–Crippen MR) is 67.9 cm³/mol. The number of nitrogens with one attached hydrogen (secondary N) is 2. The van der Waals surface area contributed by atoms with E-state index in [4.69, 9.17) is 0 Å². The summed E-state index contributed by atoms with van der Waals surface area (Å²) in [7, 11) is 0. The largest absolute Gasteiger partial charge is 0.384 e. The minimum absolute atomic E-state index is 0.617.